The van der Waals surface area contributed by atoms with Gasteiger partial charge in [0.15, 0.2) is 0 Å². The Morgan fingerprint density at radius 2 is 1.94 bits per heavy atom. The maximum atomic E-state index is 11.7. The molecule has 0 saturated heterocycles. The Bertz CT molecular complexity index is 504. The smallest absolute Gasteiger partial charge is 0.234 e. The van der Waals surface area contributed by atoms with E-state index in [1.165, 1.54) is 6.08 Å². The molecule has 1 aromatic rings. The topological polar surface area (TPSA) is 66.4 Å². The molecule has 0 bridgehead atoms. The molecular weight excluding hydrogens is 238 g/mol. The first-order valence-electron chi connectivity index (χ1n) is 5.43. The maximum Gasteiger partial charge on any atom is 0.234 e. The lowest BCUT2D eigenvalue weighted by Gasteiger charge is -2.11. The van der Waals surface area contributed by atoms with Crippen LogP contribution in [0.15, 0.2) is 35.7 Å². The molecule has 17 heavy (non-hydrogen) atoms. The molecule has 1 aromatic carbocycles. The van der Waals surface area contributed by atoms with Crippen LogP contribution in [0.1, 0.15) is 18.4 Å². The highest BCUT2D eigenvalue weighted by Gasteiger charge is 2.44. The highest BCUT2D eigenvalue weighted by Crippen LogP contribution is 2.35. The lowest BCUT2D eigenvalue weighted by atomic mass is 10.2. The Labute approximate surface area is 101 Å². The number of rotatable bonds is 5. The van der Waals surface area contributed by atoms with Gasteiger partial charge in [-0.25, -0.2) is 13.1 Å². The second-order valence-electron chi connectivity index (χ2n) is 4.30. The first-order valence-corrected chi connectivity index (χ1v) is 6.98. The van der Waals surface area contributed by atoms with Crippen LogP contribution in [0.4, 0.5) is 0 Å². The van der Waals surface area contributed by atoms with Crippen molar-refractivity contribution >= 4 is 16.1 Å². The second kappa shape index (κ2) is 4.60. The number of aliphatic hydroxyl groups excluding tert-OH is 1. The molecule has 2 rings (SSSR count). The Hall–Kier alpha value is -1.17. The van der Waals surface area contributed by atoms with Crippen LogP contribution in [0.25, 0.3) is 6.08 Å². The van der Waals surface area contributed by atoms with Gasteiger partial charge < -0.3 is 5.11 Å². The van der Waals surface area contributed by atoms with Crippen molar-refractivity contribution in [2.45, 2.75) is 18.4 Å². The third-order valence-electron chi connectivity index (χ3n) is 2.75. The molecule has 92 valence electrons. The van der Waals surface area contributed by atoms with Gasteiger partial charge in [-0.15, -0.1) is 0 Å². The van der Waals surface area contributed by atoms with E-state index in [1.807, 2.05) is 30.3 Å². The van der Waals surface area contributed by atoms with Gasteiger partial charge in [0.05, 0.1) is 12.1 Å². The van der Waals surface area contributed by atoms with E-state index in [-0.39, 0.29) is 6.61 Å². The van der Waals surface area contributed by atoms with Crippen molar-refractivity contribution in [1.29, 1.82) is 0 Å². The van der Waals surface area contributed by atoms with Crippen molar-refractivity contribution in [2.75, 3.05) is 6.61 Å². The molecule has 1 aliphatic carbocycles. The number of nitrogens with one attached hydrogen (secondary N) is 1. The number of hydrogen-bond acceptors (Lipinski definition) is 3. The van der Waals surface area contributed by atoms with Gasteiger partial charge in [0.25, 0.3) is 0 Å². The molecule has 1 aliphatic rings. The summed E-state index contributed by atoms with van der Waals surface area (Å²) in [5, 5.41) is 10.2. The zero-order chi connectivity index (χ0) is 12.4. The summed E-state index contributed by atoms with van der Waals surface area (Å²) in [5.41, 5.74) is 0.214. The van der Waals surface area contributed by atoms with Crippen LogP contribution in [0.5, 0.6) is 0 Å². The predicted molar refractivity (Wildman–Crippen MR) is 66.6 cm³/mol. The molecule has 0 amide bonds. The highest BCUT2D eigenvalue weighted by molar-refractivity contribution is 7.92. The Kier molecular flexibility index (Phi) is 3.33. The standard InChI is InChI=1S/C12H15NO3S/c14-10-12(7-8-12)13-17(15,16)9-6-11-4-2-1-3-5-11/h1-6,9,13-14H,7-8,10H2/b9-6+. The highest BCUT2D eigenvalue weighted by atomic mass is 32.2. The SMILES string of the molecule is O=S(=O)(/C=C/c1ccccc1)NC1(CO)CC1. The summed E-state index contributed by atoms with van der Waals surface area (Å²) in [6.45, 7) is -0.147. The largest absolute Gasteiger partial charge is 0.394 e. The minimum Gasteiger partial charge on any atom is -0.394 e. The summed E-state index contributed by atoms with van der Waals surface area (Å²) < 4.78 is 25.9. The van der Waals surface area contributed by atoms with E-state index < -0.39 is 15.6 Å². The molecule has 4 nitrogen and oxygen atoms in total. The summed E-state index contributed by atoms with van der Waals surface area (Å²) in [5.74, 6) is 0. The average molecular weight is 253 g/mol. The van der Waals surface area contributed by atoms with E-state index in [4.69, 9.17) is 5.11 Å². The zero-order valence-corrected chi connectivity index (χ0v) is 10.2. The van der Waals surface area contributed by atoms with Crippen LogP contribution in [-0.2, 0) is 10.0 Å². The predicted octanol–water partition coefficient (Wildman–Crippen LogP) is 1.10. The molecule has 1 saturated carbocycles. The van der Waals surface area contributed by atoms with Gasteiger partial charge in [0.2, 0.25) is 10.0 Å². The van der Waals surface area contributed by atoms with Crippen LogP contribution in [0.2, 0.25) is 0 Å². The van der Waals surface area contributed by atoms with Gasteiger partial charge in [-0.1, -0.05) is 30.3 Å². The third kappa shape index (κ3) is 3.39. The summed E-state index contributed by atoms with van der Waals surface area (Å²) >= 11 is 0. The fourth-order valence-corrected chi connectivity index (χ4v) is 2.79. The Balaban J connectivity index is 2.05. The first kappa shape index (κ1) is 12.3. The molecule has 5 heteroatoms. The number of sulfonamides is 1. The second-order valence-corrected chi connectivity index (χ2v) is 5.87. The molecule has 0 aromatic heterocycles. The average Bonchev–Trinajstić information content (AvgIpc) is 3.08. The van der Waals surface area contributed by atoms with E-state index in [0.717, 1.165) is 11.0 Å². The number of aliphatic hydroxyl groups is 1. The summed E-state index contributed by atoms with van der Waals surface area (Å²) in [6, 6.07) is 9.20. The molecule has 1 fully saturated rings. The van der Waals surface area contributed by atoms with Crippen molar-refractivity contribution < 1.29 is 13.5 Å². The van der Waals surface area contributed by atoms with Gasteiger partial charge in [-0.3, -0.25) is 0 Å². The van der Waals surface area contributed by atoms with Crippen molar-refractivity contribution in [2.24, 2.45) is 0 Å². The van der Waals surface area contributed by atoms with Crippen LogP contribution < -0.4 is 4.72 Å². The molecule has 0 heterocycles. The van der Waals surface area contributed by atoms with Gasteiger partial charge in [-0.05, 0) is 24.5 Å². The van der Waals surface area contributed by atoms with Gasteiger partial charge >= 0.3 is 0 Å². The fraction of sp³-hybridized carbons (Fsp3) is 0.333. The zero-order valence-electron chi connectivity index (χ0n) is 9.33. The van der Waals surface area contributed by atoms with E-state index >= 15 is 0 Å². The normalized spacial score (nSPS) is 18.4. The monoisotopic (exact) mass is 253 g/mol. The van der Waals surface area contributed by atoms with Gasteiger partial charge in [-0.2, -0.15) is 0 Å². The number of benzene rings is 1. The van der Waals surface area contributed by atoms with E-state index in [0.29, 0.717) is 12.8 Å². The maximum absolute atomic E-state index is 11.7. The fourth-order valence-electron chi connectivity index (χ4n) is 1.51. The summed E-state index contributed by atoms with van der Waals surface area (Å²) in [7, 11) is -3.48. The molecule has 0 atom stereocenters. The molecule has 0 spiro atoms. The van der Waals surface area contributed by atoms with E-state index in [1.54, 1.807) is 0 Å². The van der Waals surface area contributed by atoms with Crippen molar-refractivity contribution in [3.63, 3.8) is 0 Å². The Morgan fingerprint density at radius 3 is 2.47 bits per heavy atom. The van der Waals surface area contributed by atoms with Crippen LogP contribution in [-0.4, -0.2) is 25.7 Å². The molecular formula is C12H15NO3S. The van der Waals surface area contributed by atoms with Gasteiger partial charge in [0, 0.05) is 5.41 Å². The minimum absolute atomic E-state index is 0.147. The molecule has 2 N–H and O–H groups in total. The van der Waals surface area contributed by atoms with E-state index in [2.05, 4.69) is 4.72 Å². The lowest BCUT2D eigenvalue weighted by Crippen LogP contribution is -2.38. The van der Waals surface area contributed by atoms with Crippen molar-refractivity contribution in [3.8, 4) is 0 Å². The van der Waals surface area contributed by atoms with Gasteiger partial charge in [0.1, 0.15) is 0 Å². The Morgan fingerprint density at radius 1 is 1.29 bits per heavy atom. The number of hydrogen-bond donors (Lipinski definition) is 2. The van der Waals surface area contributed by atoms with Crippen molar-refractivity contribution in [1.82, 2.24) is 4.72 Å². The summed E-state index contributed by atoms with van der Waals surface area (Å²) in [6.07, 6.45) is 2.93. The van der Waals surface area contributed by atoms with Crippen molar-refractivity contribution in [3.05, 3.63) is 41.3 Å². The van der Waals surface area contributed by atoms with Crippen LogP contribution >= 0.6 is 0 Å². The first-order chi connectivity index (χ1) is 8.05. The minimum atomic E-state index is -3.48. The molecule has 0 radical (unpaired) electrons. The van der Waals surface area contributed by atoms with Crippen LogP contribution in [0, 0.1) is 0 Å². The molecule has 0 unspecified atom stereocenters. The quantitative estimate of drug-likeness (QED) is 0.826. The third-order valence-corrected chi connectivity index (χ3v) is 3.97. The van der Waals surface area contributed by atoms with E-state index in [9.17, 15) is 8.42 Å². The molecule has 0 aliphatic heterocycles. The van der Waals surface area contributed by atoms with Crippen LogP contribution in [0.3, 0.4) is 0 Å². The lowest BCUT2D eigenvalue weighted by molar-refractivity contribution is 0.247. The summed E-state index contributed by atoms with van der Waals surface area (Å²) in [4.78, 5) is 0.